The number of aryl methyl sites for hydroxylation is 1. The molecule has 2 bridgehead atoms. The molecule has 4 aliphatic rings. The molecule has 3 aromatic rings. The summed E-state index contributed by atoms with van der Waals surface area (Å²) in [5.74, 6) is 1.51. The van der Waals surface area contributed by atoms with Gasteiger partial charge in [0.25, 0.3) is 5.56 Å². The Morgan fingerprint density at radius 1 is 1.08 bits per heavy atom. The zero-order valence-electron chi connectivity index (χ0n) is 21.4. The molecule has 0 radical (unpaired) electrons. The van der Waals surface area contributed by atoms with Crippen LogP contribution in [-0.2, 0) is 5.54 Å². The molecule has 0 amide bonds. The lowest BCUT2D eigenvalue weighted by molar-refractivity contribution is -0.0884. The summed E-state index contributed by atoms with van der Waals surface area (Å²) < 4.78 is 1.78. The maximum Gasteiger partial charge on any atom is 0.263 e. The standard InChI is InChI=1S/C27H33N7O2/c1-16(2)32-7-9-33(10-8-32)20-5-6-22(28-14-20)30-26-29-15-21-17(3)23(18(4)35)25(36)34(24(21)31-26)27-11-19(12-27)13-27/h5-6,14-16,19H,7-13H2,1-4H3,(H,28,29,30,31). The highest BCUT2D eigenvalue weighted by molar-refractivity contribution is 5.99. The lowest BCUT2D eigenvalue weighted by Crippen LogP contribution is -2.62. The minimum absolute atomic E-state index is 0.205. The smallest absolute Gasteiger partial charge is 0.263 e. The van der Waals surface area contributed by atoms with E-state index in [0.717, 1.165) is 56.5 Å². The molecule has 3 saturated carbocycles. The first-order valence-corrected chi connectivity index (χ1v) is 12.9. The van der Waals surface area contributed by atoms with Crippen molar-refractivity contribution in [3.8, 4) is 0 Å². The average molecular weight is 488 g/mol. The topological polar surface area (TPSA) is 96.2 Å². The third kappa shape index (κ3) is 3.59. The van der Waals surface area contributed by atoms with E-state index in [-0.39, 0.29) is 22.4 Å². The monoisotopic (exact) mass is 487 g/mol. The van der Waals surface area contributed by atoms with Gasteiger partial charge in [-0.05, 0) is 70.6 Å². The van der Waals surface area contributed by atoms with Crippen molar-refractivity contribution in [2.24, 2.45) is 5.92 Å². The number of hydrogen-bond donors (Lipinski definition) is 1. The van der Waals surface area contributed by atoms with Crippen molar-refractivity contribution in [1.29, 1.82) is 0 Å². The fourth-order valence-corrected chi connectivity index (χ4v) is 6.19. The van der Waals surface area contributed by atoms with Gasteiger partial charge in [-0.3, -0.25) is 19.1 Å². The van der Waals surface area contributed by atoms with Gasteiger partial charge in [-0.25, -0.2) is 9.97 Å². The Kier molecular flexibility index (Phi) is 5.37. The van der Waals surface area contributed by atoms with Crippen molar-refractivity contribution in [2.75, 3.05) is 36.4 Å². The molecule has 4 heterocycles. The van der Waals surface area contributed by atoms with Crippen molar-refractivity contribution >= 4 is 34.3 Å². The molecule has 0 atom stereocenters. The molecule has 3 aliphatic carbocycles. The number of pyridine rings is 2. The number of anilines is 3. The predicted molar refractivity (Wildman–Crippen MR) is 140 cm³/mol. The molecule has 188 valence electrons. The van der Waals surface area contributed by atoms with Crippen molar-refractivity contribution in [3.05, 3.63) is 46.0 Å². The molecular formula is C27H33N7O2. The van der Waals surface area contributed by atoms with E-state index in [9.17, 15) is 9.59 Å². The molecule has 3 aromatic heterocycles. The molecule has 1 aliphatic heterocycles. The van der Waals surface area contributed by atoms with Crippen molar-refractivity contribution in [1.82, 2.24) is 24.4 Å². The summed E-state index contributed by atoms with van der Waals surface area (Å²) in [6.45, 7) is 11.8. The van der Waals surface area contributed by atoms with Gasteiger partial charge in [0.15, 0.2) is 5.78 Å². The largest absolute Gasteiger partial charge is 0.368 e. The van der Waals surface area contributed by atoms with E-state index < -0.39 is 0 Å². The second-order valence-corrected chi connectivity index (χ2v) is 11.0. The fraction of sp³-hybridized carbons (Fsp3) is 0.519. The number of rotatable bonds is 6. The first-order valence-electron chi connectivity index (χ1n) is 12.9. The van der Waals surface area contributed by atoms with Crippen LogP contribution >= 0.6 is 0 Å². The molecule has 0 aromatic carbocycles. The van der Waals surface area contributed by atoms with E-state index in [4.69, 9.17) is 4.98 Å². The lowest BCUT2D eigenvalue weighted by atomic mass is 9.49. The molecule has 9 nitrogen and oxygen atoms in total. The van der Waals surface area contributed by atoms with E-state index in [2.05, 4.69) is 45.0 Å². The minimum atomic E-state index is -0.227. The van der Waals surface area contributed by atoms with Crippen LogP contribution in [0.25, 0.3) is 11.0 Å². The summed E-state index contributed by atoms with van der Waals surface area (Å²) in [5, 5.41) is 3.96. The molecule has 4 fully saturated rings. The SMILES string of the molecule is CC(=O)c1c(C)c2cnc(Nc3ccc(N4CCN(C(C)C)CC4)cn3)nc2n(C23CC(C2)C3)c1=O. The summed E-state index contributed by atoms with van der Waals surface area (Å²) in [7, 11) is 0. The third-order valence-electron chi connectivity index (χ3n) is 8.41. The number of Topliss-reactive ketones (excluding diaryl/α,β-unsaturated/α-hetero) is 1. The predicted octanol–water partition coefficient (Wildman–Crippen LogP) is 3.48. The van der Waals surface area contributed by atoms with Crippen molar-refractivity contribution in [2.45, 2.75) is 58.5 Å². The number of ketones is 1. The first kappa shape index (κ1) is 23.1. The fourth-order valence-electron chi connectivity index (χ4n) is 6.19. The second-order valence-electron chi connectivity index (χ2n) is 11.0. The van der Waals surface area contributed by atoms with E-state index in [1.807, 2.05) is 19.2 Å². The van der Waals surface area contributed by atoms with Gasteiger partial charge in [0, 0.05) is 43.8 Å². The second kappa shape index (κ2) is 8.37. The van der Waals surface area contributed by atoms with E-state index in [1.165, 1.54) is 6.92 Å². The van der Waals surface area contributed by atoms with Crippen LogP contribution in [0.4, 0.5) is 17.5 Å². The van der Waals surface area contributed by atoms with Crippen LogP contribution in [0, 0.1) is 12.8 Å². The molecular weight excluding hydrogens is 454 g/mol. The van der Waals surface area contributed by atoms with Gasteiger partial charge in [-0.15, -0.1) is 0 Å². The Balaban J connectivity index is 1.29. The number of aromatic nitrogens is 4. The maximum atomic E-state index is 13.5. The lowest BCUT2D eigenvalue weighted by Gasteiger charge is -2.62. The van der Waals surface area contributed by atoms with Crippen LogP contribution in [0.3, 0.4) is 0 Å². The number of hydrogen-bond acceptors (Lipinski definition) is 8. The Morgan fingerprint density at radius 2 is 1.81 bits per heavy atom. The quantitative estimate of drug-likeness (QED) is 0.528. The zero-order chi connectivity index (χ0) is 25.2. The number of nitrogens with one attached hydrogen (secondary N) is 1. The Labute approximate surface area is 210 Å². The Bertz CT molecular complexity index is 1390. The van der Waals surface area contributed by atoms with Crippen LogP contribution in [0.5, 0.6) is 0 Å². The van der Waals surface area contributed by atoms with E-state index >= 15 is 0 Å². The molecule has 7 rings (SSSR count). The van der Waals surface area contributed by atoms with Crippen molar-refractivity contribution in [3.63, 3.8) is 0 Å². The summed E-state index contributed by atoms with van der Waals surface area (Å²) >= 11 is 0. The molecule has 1 N–H and O–H groups in total. The van der Waals surface area contributed by atoms with Crippen LogP contribution in [0.15, 0.2) is 29.3 Å². The van der Waals surface area contributed by atoms with Crippen LogP contribution in [-0.4, -0.2) is 62.4 Å². The number of carbonyl (C=O) groups excluding carboxylic acids is 1. The zero-order valence-corrected chi connectivity index (χ0v) is 21.4. The third-order valence-corrected chi connectivity index (χ3v) is 8.41. The summed E-state index contributed by atoms with van der Waals surface area (Å²) in [5.41, 5.74) is 2.17. The highest BCUT2D eigenvalue weighted by atomic mass is 16.1. The molecule has 1 saturated heterocycles. The van der Waals surface area contributed by atoms with Gasteiger partial charge < -0.3 is 10.2 Å². The number of carbonyl (C=O) groups is 1. The number of nitrogens with zero attached hydrogens (tertiary/aromatic N) is 6. The average Bonchev–Trinajstić information content (AvgIpc) is 2.80. The highest BCUT2D eigenvalue weighted by Crippen LogP contribution is 2.62. The van der Waals surface area contributed by atoms with Gasteiger partial charge >= 0.3 is 0 Å². The van der Waals surface area contributed by atoms with E-state index in [0.29, 0.717) is 34.9 Å². The Hall–Kier alpha value is -3.33. The van der Waals surface area contributed by atoms with E-state index in [1.54, 1.807) is 10.8 Å². The maximum absolute atomic E-state index is 13.5. The molecule has 9 heteroatoms. The van der Waals surface area contributed by atoms with Gasteiger partial charge in [-0.1, -0.05) is 0 Å². The Morgan fingerprint density at radius 3 is 2.36 bits per heavy atom. The van der Waals surface area contributed by atoms with Crippen LogP contribution in [0.1, 0.15) is 56.0 Å². The van der Waals surface area contributed by atoms with Crippen LogP contribution in [0.2, 0.25) is 0 Å². The number of fused-ring (bicyclic) bond motifs is 1. The number of piperazine rings is 1. The molecule has 36 heavy (non-hydrogen) atoms. The van der Waals surface area contributed by atoms with Crippen LogP contribution < -0.4 is 15.8 Å². The van der Waals surface area contributed by atoms with Crippen molar-refractivity contribution < 1.29 is 4.79 Å². The first-order chi connectivity index (χ1) is 17.3. The summed E-state index contributed by atoms with van der Waals surface area (Å²) in [4.78, 5) is 44.5. The minimum Gasteiger partial charge on any atom is -0.368 e. The summed E-state index contributed by atoms with van der Waals surface area (Å²) in [6.07, 6.45) is 6.53. The molecule has 0 spiro atoms. The summed E-state index contributed by atoms with van der Waals surface area (Å²) in [6, 6.07) is 4.58. The van der Waals surface area contributed by atoms with Gasteiger partial charge in [0.05, 0.1) is 23.0 Å². The van der Waals surface area contributed by atoms with Gasteiger partial charge in [-0.2, -0.15) is 4.98 Å². The molecule has 0 unspecified atom stereocenters. The normalized spacial score (nSPS) is 23.5. The van der Waals surface area contributed by atoms with Gasteiger partial charge in [0.2, 0.25) is 5.95 Å². The highest BCUT2D eigenvalue weighted by Gasteiger charge is 2.59. The van der Waals surface area contributed by atoms with Gasteiger partial charge in [0.1, 0.15) is 11.5 Å².